The predicted molar refractivity (Wildman–Crippen MR) is 166 cm³/mol. The van der Waals surface area contributed by atoms with Crippen LogP contribution in [0, 0.1) is 46.3 Å². The standard InChI is InChI=1S/2C18H15F3N2O4/c2*19-18(20,21)10-5-9(2-1-8(10)7-22)23-15(25)13-11-6-12(24)17(27-11)3-4-26-16(23)14(13)17/h2*1-2,5,11-14,16,24H,3-4,6H2/t2*11-,12+,13-,14+,16+,17+/m10/s1. The maximum Gasteiger partial charge on any atom is 0.417 e. The van der Waals surface area contributed by atoms with Crippen molar-refractivity contribution >= 4 is 23.2 Å². The van der Waals surface area contributed by atoms with E-state index in [1.807, 2.05) is 0 Å². The van der Waals surface area contributed by atoms with Crippen molar-refractivity contribution in [3.05, 3.63) is 58.7 Å². The lowest BCUT2D eigenvalue weighted by Gasteiger charge is -2.43. The molecule has 18 heteroatoms. The van der Waals surface area contributed by atoms with Gasteiger partial charge >= 0.3 is 12.4 Å². The van der Waals surface area contributed by atoms with Gasteiger partial charge in [0.15, 0.2) is 0 Å². The minimum atomic E-state index is -4.72. The van der Waals surface area contributed by atoms with E-state index in [9.17, 15) is 46.1 Å². The van der Waals surface area contributed by atoms with Gasteiger partial charge in [0.05, 0.1) is 95.7 Å². The van der Waals surface area contributed by atoms with Gasteiger partial charge in [-0.25, -0.2) is 0 Å². The van der Waals surface area contributed by atoms with Crippen LogP contribution in [0.5, 0.6) is 0 Å². The minimum absolute atomic E-state index is 0.0386. The quantitative estimate of drug-likeness (QED) is 0.432. The van der Waals surface area contributed by atoms with Crippen LogP contribution in [0.25, 0.3) is 0 Å². The Balaban J connectivity index is 0.000000142. The van der Waals surface area contributed by atoms with Gasteiger partial charge in [0.25, 0.3) is 0 Å². The molecule has 8 saturated heterocycles. The largest absolute Gasteiger partial charge is 0.417 e. The number of amides is 2. The highest BCUT2D eigenvalue weighted by atomic mass is 19.4. The van der Waals surface area contributed by atoms with Crippen molar-refractivity contribution < 1.29 is 65.1 Å². The van der Waals surface area contributed by atoms with Gasteiger partial charge < -0.3 is 29.2 Å². The first kappa shape index (κ1) is 35.4. The van der Waals surface area contributed by atoms with E-state index in [-0.39, 0.29) is 36.4 Å². The summed E-state index contributed by atoms with van der Waals surface area (Å²) in [5.41, 5.74) is -4.84. The van der Waals surface area contributed by atoms with Crippen molar-refractivity contribution in [2.75, 3.05) is 23.0 Å². The first-order chi connectivity index (χ1) is 25.6. The van der Waals surface area contributed by atoms with E-state index in [1.54, 1.807) is 0 Å². The number of nitriles is 2. The SMILES string of the molecule is N#Cc1ccc(N2C(=O)[C@@H]3[C@@H]4[C@H]2OCC[C@]42O[C@H]3C[C@H]2O)cc1C(F)(F)F.N#Cc1ccc(N2C(=O)[C@H]3[C@H]4[C@@H]2OCC[C@@]42O[C@@H]3C[C@@H]2O)cc1C(F)(F)F. The Hall–Kier alpha value is -4.30. The molecule has 0 radical (unpaired) electrons. The molecule has 284 valence electrons. The Labute approximate surface area is 302 Å². The van der Waals surface area contributed by atoms with Gasteiger partial charge in [0.1, 0.15) is 23.7 Å². The summed E-state index contributed by atoms with van der Waals surface area (Å²) in [5.74, 6) is -2.63. The summed E-state index contributed by atoms with van der Waals surface area (Å²) in [5, 5.41) is 38.8. The number of halogens is 6. The second kappa shape index (κ2) is 11.6. The van der Waals surface area contributed by atoms with E-state index < -0.39 is 106 Å². The summed E-state index contributed by atoms with van der Waals surface area (Å²) in [6, 6.07) is 9.51. The maximum atomic E-state index is 13.3. The molecule has 0 aliphatic carbocycles. The van der Waals surface area contributed by atoms with E-state index in [4.69, 9.17) is 29.5 Å². The third-order valence-electron chi connectivity index (χ3n) is 12.6. The van der Waals surface area contributed by atoms with Crippen molar-refractivity contribution in [1.29, 1.82) is 10.5 Å². The number of rotatable bonds is 2. The van der Waals surface area contributed by atoms with Gasteiger partial charge in [-0.05, 0) is 36.4 Å². The summed E-state index contributed by atoms with van der Waals surface area (Å²) in [6.07, 6.45) is -11.8. The molecule has 12 nitrogen and oxygen atoms in total. The molecule has 2 aromatic carbocycles. The lowest BCUT2D eigenvalue weighted by Crippen LogP contribution is -2.56. The van der Waals surface area contributed by atoms with Crippen LogP contribution >= 0.6 is 0 Å². The van der Waals surface area contributed by atoms with Crippen molar-refractivity contribution in [2.24, 2.45) is 23.7 Å². The number of aliphatic hydroxyl groups excluding tert-OH is 2. The Bertz CT molecular complexity index is 1910. The molecule has 4 bridgehead atoms. The zero-order valence-electron chi connectivity index (χ0n) is 27.9. The summed E-state index contributed by atoms with van der Waals surface area (Å²) in [4.78, 5) is 28.6. The first-order valence-corrected chi connectivity index (χ1v) is 17.4. The maximum absolute atomic E-state index is 13.3. The number of hydrogen-bond donors (Lipinski definition) is 2. The highest BCUT2D eigenvalue weighted by Crippen LogP contribution is 2.62. The van der Waals surface area contributed by atoms with E-state index in [1.165, 1.54) is 34.1 Å². The van der Waals surface area contributed by atoms with Crippen LogP contribution in [0.1, 0.15) is 47.9 Å². The molecule has 12 atom stereocenters. The molecule has 0 aromatic heterocycles. The summed E-state index contributed by atoms with van der Waals surface area (Å²) >= 11 is 0. The Kier molecular flexibility index (Phi) is 7.61. The van der Waals surface area contributed by atoms with Crippen LogP contribution in [-0.2, 0) is 40.9 Å². The van der Waals surface area contributed by atoms with E-state index in [0.29, 0.717) is 25.7 Å². The van der Waals surface area contributed by atoms with Crippen LogP contribution in [0.4, 0.5) is 37.7 Å². The monoisotopic (exact) mass is 760 g/mol. The number of fused-ring (bicyclic) bond motifs is 4. The number of carbonyl (C=O) groups excluding carboxylic acids is 2. The second-order valence-electron chi connectivity index (χ2n) is 14.9. The summed E-state index contributed by atoms with van der Waals surface area (Å²) < 4.78 is 103. The molecule has 0 unspecified atom stereocenters. The second-order valence-corrected chi connectivity index (χ2v) is 14.9. The zero-order chi connectivity index (χ0) is 38.3. The Morgan fingerprint density at radius 1 is 0.685 bits per heavy atom. The Morgan fingerprint density at radius 3 is 1.43 bits per heavy atom. The number of ether oxygens (including phenoxy) is 4. The number of carbonyl (C=O) groups is 2. The summed E-state index contributed by atoms with van der Waals surface area (Å²) in [6.45, 7) is 0.480. The lowest BCUT2D eigenvalue weighted by atomic mass is 9.68. The molecule has 54 heavy (non-hydrogen) atoms. The molecular formula is C36H30F6N4O8. The third-order valence-corrected chi connectivity index (χ3v) is 12.6. The van der Waals surface area contributed by atoms with E-state index >= 15 is 0 Å². The van der Waals surface area contributed by atoms with Crippen LogP contribution in [-0.4, -0.2) is 83.3 Å². The smallest absolute Gasteiger partial charge is 0.390 e. The number of aliphatic hydroxyl groups is 2. The highest BCUT2D eigenvalue weighted by Gasteiger charge is 2.75. The fraction of sp³-hybridized carbons (Fsp3) is 0.556. The molecule has 2 aromatic rings. The van der Waals surface area contributed by atoms with Gasteiger partial charge in [-0.1, -0.05) is 0 Å². The highest BCUT2D eigenvalue weighted by molar-refractivity contribution is 6.00. The predicted octanol–water partition coefficient (Wildman–Crippen LogP) is 3.61. The number of nitrogens with zero attached hydrogens (tertiary/aromatic N) is 4. The lowest BCUT2D eigenvalue weighted by molar-refractivity contribution is -0.157. The topological polar surface area (TPSA) is 166 Å². The van der Waals surface area contributed by atoms with E-state index in [2.05, 4.69) is 0 Å². The minimum Gasteiger partial charge on any atom is -0.390 e. The molecule has 8 aliphatic heterocycles. The van der Waals surface area contributed by atoms with E-state index in [0.717, 1.165) is 24.3 Å². The third kappa shape index (κ3) is 4.64. The van der Waals surface area contributed by atoms with Crippen LogP contribution < -0.4 is 9.80 Å². The number of benzene rings is 2. The molecule has 8 heterocycles. The molecule has 8 fully saturated rings. The average molecular weight is 761 g/mol. The van der Waals surface area contributed by atoms with Gasteiger partial charge in [-0.2, -0.15) is 36.9 Å². The van der Waals surface area contributed by atoms with Crippen LogP contribution in [0.15, 0.2) is 36.4 Å². The average Bonchev–Trinajstić information content (AvgIpc) is 3.94. The van der Waals surface area contributed by atoms with Crippen LogP contribution in [0.3, 0.4) is 0 Å². The first-order valence-electron chi connectivity index (χ1n) is 17.4. The fourth-order valence-electron chi connectivity index (χ4n) is 10.5. The molecule has 10 rings (SSSR count). The van der Waals surface area contributed by atoms with Crippen molar-refractivity contribution in [3.8, 4) is 12.1 Å². The van der Waals surface area contributed by atoms with Crippen molar-refractivity contribution in [1.82, 2.24) is 0 Å². The van der Waals surface area contributed by atoms with Gasteiger partial charge in [-0.3, -0.25) is 19.4 Å². The molecule has 2 spiro atoms. The van der Waals surface area contributed by atoms with Gasteiger partial charge in [-0.15, -0.1) is 0 Å². The molecule has 8 aliphatic rings. The summed E-state index contributed by atoms with van der Waals surface area (Å²) in [7, 11) is 0. The van der Waals surface area contributed by atoms with Gasteiger partial charge in [0.2, 0.25) is 11.8 Å². The fourth-order valence-corrected chi connectivity index (χ4v) is 10.5. The molecule has 2 amide bonds. The zero-order valence-corrected chi connectivity index (χ0v) is 27.9. The van der Waals surface area contributed by atoms with Crippen LogP contribution in [0.2, 0.25) is 0 Å². The molecule has 2 N–H and O–H groups in total. The Morgan fingerprint density at radius 2 is 1.07 bits per heavy atom. The normalized spacial score (nSPS) is 39.6. The van der Waals surface area contributed by atoms with Crippen molar-refractivity contribution in [3.63, 3.8) is 0 Å². The molecular weight excluding hydrogens is 730 g/mol. The number of alkyl halides is 6. The van der Waals surface area contributed by atoms with Gasteiger partial charge in [0, 0.05) is 37.1 Å². The number of hydrogen-bond acceptors (Lipinski definition) is 10. The van der Waals surface area contributed by atoms with Crippen molar-refractivity contribution in [2.45, 2.75) is 86.1 Å². The number of anilines is 2. The molecule has 0 saturated carbocycles.